The van der Waals surface area contributed by atoms with Crippen molar-refractivity contribution in [3.05, 3.63) is 47.4 Å². The predicted octanol–water partition coefficient (Wildman–Crippen LogP) is -8.85. The summed E-state index contributed by atoms with van der Waals surface area (Å²) in [6, 6.07) is 9.71. The molecule has 0 aliphatic heterocycles. The summed E-state index contributed by atoms with van der Waals surface area (Å²) in [4.78, 5) is 8.62. The van der Waals surface area contributed by atoms with Crippen LogP contribution in [0.25, 0.3) is 11.3 Å². The summed E-state index contributed by atoms with van der Waals surface area (Å²) in [5, 5.41) is 0.735. The molecule has 0 spiro atoms. The lowest BCUT2D eigenvalue weighted by molar-refractivity contribution is 0.567. The van der Waals surface area contributed by atoms with E-state index in [9.17, 15) is 0 Å². The van der Waals surface area contributed by atoms with Gasteiger partial charge in [0.1, 0.15) is 6.33 Å². The van der Waals surface area contributed by atoms with Crippen LogP contribution in [0.3, 0.4) is 0 Å². The fraction of sp³-hybridized carbons (Fsp3) is 0.286. The minimum atomic E-state index is -1.16. The van der Waals surface area contributed by atoms with Gasteiger partial charge in [-0.3, -0.25) is 0 Å². The Kier molecular flexibility index (Phi) is 22.0. The first kappa shape index (κ1) is 49.8. The summed E-state index contributed by atoms with van der Waals surface area (Å²) >= 11 is 5.87. The standard InChI is InChI=1S/C14H15ClN2.B34/c1-14(2,3)13-8-12(16-9-17-13)10-4-6-11(15)7-5-10;1-19(2)28(20(3)4)32(27(17)18)34(31(25(13)14)26(15)16)33(29(21(5)6)22(7)8)30(23(9)10)24(11)12/h4-9H,1-3H3;. The molecule has 0 saturated heterocycles. The molecular formula is C14H15B34ClN2. The molecule has 2 nitrogen and oxygen atoms in total. The number of benzene rings is 1. The Bertz CT molecular complexity index is 1220. The molecule has 0 fully saturated rings. The van der Waals surface area contributed by atoms with E-state index in [-0.39, 0.29) is 5.41 Å². The van der Waals surface area contributed by atoms with Crippen LogP contribution in [0.1, 0.15) is 26.5 Å². The molecule has 0 bridgehead atoms. The molecule has 0 unspecified atom stereocenters. The molecule has 0 saturated carbocycles. The highest BCUT2D eigenvalue weighted by atomic mass is 35.5. The van der Waals surface area contributed by atoms with Gasteiger partial charge in [-0.05, 0) is 18.2 Å². The van der Waals surface area contributed by atoms with Gasteiger partial charge < -0.3 is 0 Å². The minimum absolute atomic E-state index is 0.0319. The van der Waals surface area contributed by atoms with Crippen LogP contribution in [0.2, 0.25) is 5.02 Å². The Morgan fingerprint density at radius 2 is 0.725 bits per heavy atom. The van der Waals surface area contributed by atoms with E-state index in [2.05, 4.69) is 30.7 Å². The zero-order chi connectivity index (χ0) is 39.7. The average molecular weight is 614 g/mol. The highest BCUT2D eigenvalue weighted by Crippen LogP contribution is 2.25. The fourth-order valence-corrected chi connectivity index (χ4v) is 7.06. The molecule has 0 aliphatic rings. The molecule has 1 heterocycles. The lowest BCUT2D eigenvalue weighted by atomic mass is 8.29. The summed E-state index contributed by atoms with van der Waals surface area (Å²) in [6.45, 7) is 6.42. The van der Waals surface area contributed by atoms with Crippen molar-refractivity contribution in [3.8, 4) is 11.3 Å². The van der Waals surface area contributed by atoms with Crippen molar-refractivity contribution in [1.82, 2.24) is 9.97 Å². The van der Waals surface area contributed by atoms with E-state index < -0.39 is 102 Å². The summed E-state index contributed by atoms with van der Waals surface area (Å²) in [5.41, 5.74) is 3.06. The lowest BCUT2D eigenvalue weighted by Crippen LogP contribution is -2.90. The zero-order valence-corrected chi connectivity index (χ0v) is 30.6. The molecular weight excluding hydrogens is 599 g/mol. The second kappa shape index (κ2) is 22.5. The van der Waals surface area contributed by atoms with E-state index in [1.54, 1.807) is 6.33 Å². The van der Waals surface area contributed by atoms with E-state index in [1.807, 2.05) is 30.3 Å². The van der Waals surface area contributed by atoms with Crippen molar-refractivity contribution >= 4 is 253 Å². The molecule has 2 aromatic rings. The molecule has 0 aliphatic carbocycles. The molecule has 51 heavy (non-hydrogen) atoms. The Morgan fingerprint density at radius 3 is 1.02 bits per heavy atom. The minimum Gasteiger partial charge on any atom is -0.241 e. The van der Waals surface area contributed by atoms with Crippen molar-refractivity contribution in [3.63, 3.8) is 0 Å². The first-order valence-corrected chi connectivity index (χ1v) is 16.9. The van der Waals surface area contributed by atoms with E-state index in [0.29, 0.717) is 0 Å². The lowest BCUT2D eigenvalue weighted by Gasteiger charge is -2.52. The Hall–Kier alpha value is 0.798. The van der Waals surface area contributed by atoms with Crippen LogP contribution < -0.4 is 0 Å². The number of hydrogen-bond donors (Lipinski definition) is 0. The quantitative estimate of drug-likeness (QED) is 0.176. The molecule has 0 N–H and O–H groups in total. The van der Waals surface area contributed by atoms with E-state index >= 15 is 0 Å². The zero-order valence-electron chi connectivity index (χ0n) is 29.9. The van der Waals surface area contributed by atoms with E-state index in [1.165, 1.54) is 0 Å². The predicted molar refractivity (Wildman–Crippen MR) is 267 cm³/mol. The van der Waals surface area contributed by atoms with Crippen molar-refractivity contribution in [1.29, 1.82) is 0 Å². The third-order valence-electron chi connectivity index (χ3n) is 9.24. The third kappa shape index (κ3) is 14.7. The maximum Gasteiger partial charge on any atom is 0.116 e. The first-order valence-electron chi connectivity index (χ1n) is 16.6. The molecule has 1 aromatic heterocycles. The van der Waals surface area contributed by atoms with Gasteiger partial charge in [-0.15, -0.1) is 0 Å². The maximum atomic E-state index is 6.24. The van der Waals surface area contributed by atoms with Gasteiger partial charge in [-0.1, -0.05) is 44.5 Å². The monoisotopic (exact) mass is 620 g/mol. The van der Waals surface area contributed by atoms with Crippen molar-refractivity contribution in [2.75, 3.05) is 0 Å². The number of halogens is 1. The largest absolute Gasteiger partial charge is 0.241 e. The first-order chi connectivity index (χ1) is 23.4. The summed E-state index contributed by atoms with van der Waals surface area (Å²) in [6.07, 6.45) is -15.1. The van der Waals surface area contributed by atoms with Crippen molar-refractivity contribution < 1.29 is 0 Å². The van der Waals surface area contributed by atoms with Gasteiger partial charge in [0.15, 0.2) is 0 Å². The van der Waals surface area contributed by atoms with Gasteiger partial charge in [0.2, 0.25) is 0 Å². The van der Waals surface area contributed by atoms with Gasteiger partial charge in [0.25, 0.3) is 0 Å². The second-order valence-corrected chi connectivity index (χ2v) is 14.7. The summed E-state index contributed by atoms with van der Waals surface area (Å²) < 4.78 is 0. The molecule has 190 valence electrons. The Balaban J connectivity index is 0.000000630. The average Bonchev–Trinajstić information content (AvgIpc) is 2.97. The molecule has 2 rings (SSSR count). The van der Waals surface area contributed by atoms with Gasteiger partial charge in [0, 0.05) is 263 Å². The van der Waals surface area contributed by atoms with Crippen molar-refractivity contribution in [2.45, 2.75) is 26.2 Å². The molecule has 1 aromatic carbocycles. The number of rotatable bonds is 16. The Labute approximate surface area is 345 Å². The summed E-state index contributed by atoms with van der Waals surface area (Å²) in [5.74, 6) is 0. The molecule has 0 atom stereocenters. The topological polar surface area (TPSA) is 25.8 Å². The highest BCUT2D eigenvalue weighted by molar-refractivity contribution is 8.29. The van der Waals surface area contributed by atoms with Crippen LogP contribution in [0.5, 0.6) is 0 Å². The third-order valence-corrected chi connectivity index (χ3v) is 9.49. The van der Waals surface area contributed by atoms with Crippen LogP contribution in [0.4, 0.5) is 0 Å². The van der Waals surface area contributed by atoms with Gasteiger partial charge in [-0.25, -0.2) is 9.97 Å². The normalized spacial score (nSPS) is 10.2. The fourth-order valence-electron chi connectivity index (χ4n) is 6.93. The van der Waals surface area contributed by atoms with Crippen LogP contribution in [0, 0.1) is 0 Å². The van der Waals surface area contributed by atoms with Gasteiger partial charge in [0.05, 0.1) is 5.69 Å². The molecule has 37 heteroatoms. The number of hydrogen-bond acceptors (Lipinski definition) is 2. The Morgan fingerprint density at radius 1 is 0.431 bits per heavy atom. The van der Waals surface area contributed by atoms with Crippen LogP contribution >= 0.6 is 11.6 Å². The second-order valence-electron chi connectivity index (χ2n) is 14.3. The summed E-state index contributed by atoms with van der Waals surface area (Å²) in [7, 11) is 110. The van der Waals surface area contributed by atoms with Crippen LogP contribution in [-0.2, 0) is 5.41 Å². The van der Waals surface area contributed by atoms with Crippen LogP contribution in [-0.4, -0.2) is 251 Å². The number of aromatic nitrogens is 2. The van der Waals surface area contributed by atoms with Crippen LogP contribution in [0.15, 0.2) is 36.7 Å². The molecule has 36 radical (unpaired) electrons. The number of nitrogens with zero attached hydrogens (tertiary/aromatic N) is 2. The SMILES string of the molecule is CC(C)(C)c1cc(-c2ccc(Cl)cc2)ncn1.[B]B([B])B(B([B])[B])B(B([B])[B])B(B(B([B])[B])B([B])[B])B(B(B([B])[B])B([B])[B])B(B([B])[B])B([B])[B]. The van der Waals surface area contributed by atoms with Gasteiger partial charge >= 0.3 is 0 Å². The van der Waals surface area contributed by atoms with Crippen molar-refractivity contribution in [2.24, 2.45) is 0 Å². The van der Waals surface area contributed by atoms with E-state index in [0.717, 1.165) is 22.0 Å². The van der Waals surface area contributed by atoms with Gasteiger partial charge in [-0.2, -0.15) is 0 Å². The van der Waals surface area contributed by atoms with E-state index in [4.69, 9.17) is 151 Å². The molecule has 0 amide bonds. The smallest absolute Gasteiger partial charge is 0.116 e. The maximum absolute atomic E-state index is 6.24. The highest BCUT2D eigenvalue weighted by Gasteiger charge is 2.54.